The maximum absolute atomic E-state index is 13.3. The van der Waals surface area contributed by atoms with Gasteiger partial charge in [-0.3, -0.25) is 0 Å². The molecule has 8 heteroatoms. The number of alkyl halides is 3. The smallest absolute Gasteiger partial charge is 0.397 e. The number of rotatable bonds is 2. The lowest BCUT2D eigenvalue weighted by atomic mass is 10.2. The van der Waals surface area contributed by atoms with E-state index in [9.17, 15) is 17.6 Å². The van der Waals surface area contributed by atoms with Crippen molar-refractivity contribution in [2.24, 2.45) is 0 Å². The summed E-state index contributed by atoms with van der Waals surface area (Å²) in [6, 6.07) is 5.41. The van der Waals surface area contributed by atoms with Crippen molar-refractivity contribution in [3.05, 3.63) is 51.2 Å². The minimum absolute atomic E-state index is 0.0595. The summed E-state index contributed by atoms with van der Waals surface area (Å²) in [6.07, 6.45) is -4.52. The molecule has 2 rings (SSSR count). The van der Waals surface area contributed by atoms with Gasteiger partial charge in [-0.15, -0.1) is 0 Å². The number of nitrogens with two attached hydrogens (primary N) is 1. The van der Waals surface area contributed by atoms with Crippen LogP contribution in [0.5, 0.6) is 0 Å². The summed E-state index contributed by atoms with van der Waals surface area (Å²) < 4.78 is 51.5. The van der Waals surface area contributed by atoms with Crippen molar-refractivity contribution in [3.63, 3.8) is 0 Å². The summed E-state index contributed by atoms with van der Waals surface area (Å²) >= 11 is 8.66. The van der Waals surface area contributed by atoms with Crippen LogP contribution in [0, 0.1) is 5.82 Å². The molecule has 0 aliphatic rings. The first kappa shape index (κ1) is 15.9. The van der Waals surface area contributed by atoms with Crippen molar-refractivity contribution in [2.75, 3.05) is 11.1 Å². The van der Waals surface area contributed by atoms with Gasteiger partial charge in [-0.2, -0.15) is 13.2 Å². The van der Waals surface area contributed by atoms with E-state index in [4.69, 9.17) is 17.3 Å². The standard InChI is InChI=1S/C13H8BrClF4N2/c14-9-4-12(11(20)5-10(9)16)21-8-2-6(13(17,18)19)1-7(15)3-8/h1-5,21H,20H2. The molecule has 0 saturated carbocycles. The summed E-state index contributed by atoms with van der Waals surface area (Å²) in [6.45, 7) is 0. The Labute approximate surface area is 131 Å². The Morgan fingerprint density at radius 2 is 1.76 bits per heavy atom. The zero-order chi connectivity index (χ0) is 15.8. The quantitative estimate of drug-likeness (QED) is 0.524. The summed E-state index contributed by atoms with van der Waals surface area (Å²) in [7, 11) is 0. The van der Waals surface area contributed by atoms with Crippen molar-refractivity contribution in [2.45, 2.75) is 6.18 Å². The van der Waals surface area contributed by atoms with Gasteiger partial charge in [-0.25, -0.2) is 4.39 Å². The number of hydrogen-bond acceptors (Lipinski definition) is 2. The Kier molecular flexibility index (Phi) is 4.34. The van der Waals surface area contributed by atoms with Crippen LogP contribution in [0.2, 0.25) is 5.02 Å². The fraction of sp³-hybridized carbons (Fsp3) is 0.0769. The van der Waals surface area contributed by atoms with Crippen molar-refractivity contribution in [1.82, 2.24) is 0 Å². The average Bonchev–Trinajstić information content (AvgIpc) is 2.34. The number of nitrogens with one attached hydrogen (secondary N) is 1. The first-order chi connectivity index (χ1) is 9.66. The second kappa shape index (κ2) is 5.73. The van der Waals surface area contributed by atoms with E-state index in [0.29, 0.717) is 0 Å². The van der Waals surface area contributed by atoms with Gasteiger partial charge in [-0.1, -0.05) is 11.6 Å². The van der Waals surface area contributed by atoms with Crippen molar-refractivity contribution < 1.29 is 17.6 Å². The molecule has 21 heavy (non-hydrogen) atoms. The highest BCUT2D eigenvalue weighted by molar-refractivity contribution is 9.10. The van der Waals surface area contributed by atoms with Crippen LogP contribution >= 0.6 is 27.5 Å². The third kappa shape index (κ3) is 3.79. The molecular formula is C13H8BrClF4N2. The topological polar surface area (TPSA) is 38.0 Å². The maximum atomic E-state index is 13.3. The molecule has 0 aliphatic carbocycles. The van der Waals surface area contributed by atoms with Gasteiger partial charge in [0.25, 0.3) is 0 Å². The molecule has 0 atom stereocenters. The molecule has 3 N–H and O–H groups in total. The van der Waals surface area contributed by atoms with Gasteiger partial charge in [0, 0.05) is 16.8 Å². The normalized spacial score (nSPS) is 11.5. The van der Waals surface area contributed by atoms with Crippen LogP contribution in [-0.4, -0.2) is 0 Å². The lowest BCUT2D eigenvalue weighted by Gasteiger charge is -2.13. The van der Waals surface area contributed by atoms with Gasteiger partial charge in [0.2, 0.25) is 0 Å². The predicted molar refractivity (Wildman–Crippen MR) is 78.2 cm³/mol. The van der Waals surface area contributed by atoms with E-state index >= 15 is 0 Å². The highest BCUT2D eigenvalue weighted by atomic mass is 79.9. The molecule has 2 aromatic rings. The van der Waals surface area contributed by atoms with Gasteiger partial charge >= 0.3 is 6.18 Å². The molecule has 112 valence electrons. The van der Waals surface area contributed by atoms with Crippen LogP contribution < -0.4 is 11.1 Å². The Morgan fingerprint density at radius 3 is 2.38 bits per heavy atom. The van der Waals surface area contributed by atoms with Crippen LogP contribution in [0.1, 0.15) is 5.56 Å². The van der Waals surface area contributed by atoms with Crippen molar-refractivity contribution in [3.8, 4) is 0 Å². The Hall–Kier alpha value is -1.47. The first-order valence-corrected chi connectivity index (χ1v) is 6.73. The lowest BCUT2D eigenvalue weighted by Crippen LogP contribution is -2.06. The molecule has 0 fully saturated rings. The zero-order valence-corrected chi connectivity index (χ0v) is 12.6. The van der Waals surface area contributed by atoms with Crippen LogP contribution in [0.25, 0.3) is 0 Å². The third-order valence-corrected chi connectivity index (χ3v) is 3.42. The monoisotopic (exact) mass is 382 g/mol. The molecule has 0 aromatic heterocycles. The van der Waals surface area contributed by atoms with Gasteiger partial charge in [0.05, 0.1) is 21.4 Å². The van der Waals surface area contributed by atoms with Gasteiger partial charge in [-0.05, 0) is 40.2 Å². The van der Waals surface area contributed by atoms with Crippen LogP contribution in [0.15, 0.2) is 34.8 Å². The number of benzene rings is 2. The SMILES string of the molecule is Nc1cc(F)c(Br)cc1Nc1cc(Cl)cc(C(F)(F)F)c1. The van der Waals surface area contributed by atoms with Crippen molar-refractivity contribution >= 4 is 44.6 Å². The highest BCUT2D eigenvalue weighted by Crippen LogP contribution is 2.35. The van der Waals surface area contributed by atoms with Crippen LogP contribution in [-0.2, 0) is 6.18 Å². The fourth-order valence-corrected chi connectivity index (χ4v) is 2.23. The minimum atomic E-state index is -4.52. The maximum Gasteiger partial charge on any atom is 0.416 e. The van der Waals surface area contributed by atoms with Crippen LogP contribution in [0.3, 0.4) is 0 Å². The zero-order valence-electron chi connectivity index (χ0n) is 10.2. The van der Waals surface area contributed by atoms with E-state index in [0.717, 1.165) is 18.2 Å². The van der Waals surface area contributed by atoms with E-state index in [-0.39, 0.29) is 26.6 Å². The van der Waals surface area contributed by atoms with Crippen molar-refractivity contribution in [1.29, 1.82) is 0 Å². The molecule has 0 spiro atoms. The van der Waals surface area contributed by atoms with Gasteiger partial charge < -0.3 is 11.1 Å². The Morgan fingerprint density at radius 1 is 1.10 bits per heavy atom. The van der Waals surface area contributed by atoms with E-state index in [1.165, 1.54) is 12.1 Å². The van der Waals surface area contributed by atoms with Gasteiger partial charge in [0.1, 0.15) is 5.82 Å². The molecule has 0 bridgehead atoms. The molecule has 2 nitrogen and oxygen atoms in total. The van der Waals surface area contributed by atoms with Crippen LogP contribution in [0.4, 0.5) is 34.6 Å². The molecule has 0 amide bonds. The van der Waals surface area contributed by atoms with Gasteiger partial charge in [0.15, 0.2) is 0 Å². The molecule has 2 aromatic carbocycles. The summed E-state index contributed by atoms with van der Waals surface area (Å²) in [5, 5.41) is 2.61. The summed E-state index contributed by atoms with van der Waals surface area (Å²) in [5.41, 5.74) is 5.15. The third-order valence-electron chi connectivity index (χ3n) is 2.60. The Bertz CT molecular complexity index is 689. The first-order valence-electron chi connectivity index (χ1n) is 5.56. The number of hydrogen-bond donors (Lipinski definition) is 2. The molecule has 0 aliphatic heterocycles. The molecule has 0 heterocycles. The molecule has 0 radical (unpaired) electrons. The van der Waals surface area contributed by atoms with E-state index in [2.05, 4.69) is 21.2 Å². The molecule has 0 unspecified atom stereocenters. The second-order valence-electron chi connectivity index (χ2n) is 4.20. The predicted octanol–water partition coefficient (Wildman–Crippen LogP) is 5.59. The highest BCUT2D eigenvalue weighted by Gasteiger charge is 2.31. The number of halogens is 6. The Balaban J connectivity index is 2.40. The molecule has 0 saturated heterocycles. The minimum Gasteiger partial charge on any atom is -0.397 e. The van der Waals surface area contributed by atoms with E-state index in [1.54, 1.807) is 0 Å². The summed E-state index contributed by atoms with van der Waals surface area (Å²) in [5.74, 6) is -0.569. The molecular weight excluding hydrogens is 376 g/mol. The fourth-order valence-electron chi connectivity index (χ4n) is 1.65. The summed E-state index contributed by atoms with van der Waals surface area (Å²) in [4.78, 5) is 0. The largest absolute Gasteiger partial charge is 0.416 e. The van der Waals surface area contributed by atoms with E-state index in [1.807, 2.05) is 0 Å². The second-order valence-corrected chi connectivity index (χ2v) is 5.50. The lowest BCUT2D eigenvalue weighted by molar-refractivity contribution is -0.137. The average molecular weight is 384 g/mol. The number of nitrogen functional groups attached to an aromatic ring is 1. The number of anilines is 3. The van der Waals surface area contributed by atoms with E-state index < -0.39 is 17.6 Å².